The second-order valence-electron chi connectivity index (χ2n) is 6.47. The van der Waals surface area contributed by atoms with Crippen LogP contribution in [-0.2, 0) is 20.0 Å². The number of alkyl halides is 6. The van der Waals surface area contributed by atoms with Crippen LogP contribution in [0.4, 0.5) is 26.3 Å². The second-order valence-corrected chi connectivity index (χ2v) is 10.3. The molecular weight excluding hydrogens is 482 g/mol. The molecule has 1 aromatic rings. The van der Waals surface area contributed by atoms with Gasteiger partial charge >= 0.3 is 31.1 Å². The molecule has 178 valence electrons. The van der Waals surface area contributed by atoms with Gasteiger partial charge in [-0.05, 0) is 25.0 Å². The Morgan fingerprint density at radius 2 is 1.16 bits per heavy atom. The number of hydroxylamine groups is 2. The van der Waals surface area contributed by atoms with Crippen LogP contribution < -0.4 is 9.68 Å². The summed E-state index contributed by atoms with van der Waals surface area (Å²) in [6.45, 7) is 2.62. The Bertz CT molecular complexity index is 935. The molecule has 1 aromatic carbocycles. The molecule has 0 spiro atoms. The van der Waals surface area contributed by atoms with Crippen LogP contribution in [0.25, 0.3) is 0 Å². The van der Waals surface area contributed by atoms with Gasteiger partial charge < -0.3 is 9.68 Å². The molecule has 0 aromatic heterocycles. The molecule has 0 N–H and O–H groups in total. The number of hydrogen-bond donors (Lipinski definition) is 0. The molecule has 0 fully saturated rings. The van der Waals surface area contributed by atoms with Gasteiger partial charge in [0.05, 0.1) is 5.23 Å². The molecule has 1 heterocycles. The van der Waals surface area contributed by atoms with E-state index in [-0.39, 0.29) is 29.6 Å². The molecule has 0 unspecified atom stereocenters. The van der Waals surface area contributed by atoms with Crippen LogP contribution >= 0.6 is 0 Å². The first-order chi connectivity index (χ1) is 14.1. The molecule has 0 saturated heterocycles. The first kappa shape index (κ1) is 25.5. The molecule has 8 nitrogen and oxygen atoms in total. The predicted octanol–water partition coefficient (Wildman–Crippen LogP) is 3.89. The lowest BCUT2D eigenvalue weighted by atomic mass is 10.0. The SMILES string of the molecule is CCCC(CCC)(N1Oc2ccccc2O1)N(S(=O)(=O)C(F)(F)F)S(=O)(=O)C(F)(F)F. The Morgan fingerprint density at radius 1 is 0.806 bits per heavy atom. The summed E-state index contributed by atoms with van der Waals surface area (Å²) in [5.41, 5.74) is -15.8. The predicted molar refractivity (Wildman–Crippen MR) is 93.9 cm³/mol. The summed E-state index contributed by atoms with van der Waals surface area (Å²) in [5.74, 6) is -0.319. The van der Waals surface area contributed by atoms with E-state index in [4.69, 9.17) is 9.68 Å². The number of para-hydroxylation sites is 2. The largest absolute Gasteiger partial charge is 0.512 e. The maximum absolute atomic E-state index is 13.4. The van der Waals surface area contributed by atoms with Gasteiger partial charge in [-0.25, -0.2) is 16.8 Å². The first-order valence-electron chi connectivity index (χ1n) is 8.74. The normalized spacial score (nSPS) is 16.2. The monoisotopic (exact) mass is 500 g/mol. The molecular formula is C15H18F6N2O6S2. The van der Waals surface area contributed by atoms with E-state index < -0.39 is 53.3 Å². The molecule has 0 atom stereocenters. The number of benzene rings is 1. The van der Waals surface area contributed by atoms with E-state index in [1.165, 1.54) is 38.1 Å². The fraction of sp³-hybridized carbons (Fsp3) is 0.600. The standard InChI is InChI=1S/C15H18F6N2O6S2/c1-3-9-13(10-4-2,22-28-11-7-5-6-8-12(11)29-22)23(30(24,25)14(16,17)18)31(26,27)15(19,20)21/h5-8H,3-4,9-10H2,1-2H3. The summed E-state index contributed by atoms with van der Waals surface area (Å²) in [7, 11) is -14.2. The van der Waals surface area contributed by atoms with Crippen molar-refractivity contribution in [3.8, 4) is 11.5 Å². The van der Waals surface area contributed by atoms with Gasteiger partial charge in [0.15, 0.2) is 17.2 Å². The highest BCUT2D eigenvalue weighted by molar-refractivity contribution is 8.04. The van der Waals surface area contributed by atoms with Crippen LogP contribution in [-0.4, -0.2) is 42.5 Å². The van der Waals surface area contributed by atoms with Crippen LogP contribution in [0.3, 0.4) is 0 Å². The van der Waals surface area contributed by atoms with Crippen molar-refractivity contribution in [3.05, 3.63) is 24.3 Å². The van der Waals surface area contributed by atoms with Gasteiger partial charge in [0, 0.05) is 0 Å². The average Bonchev–Trinajstić information content (AvgIpc) is 3.04. The van der Waals surface area contributed by atoms with Gasteiger partial charge in [-0.1, -0.05) is 42.5 Å². The number of nitrogens with zero attached hydrogens (tertiary/aromatic N) is 2. The fourth-order valence-electron chi connectivity index (χ4n) is 3.09. The maximum atomic E-state index is 13.4. The molecule has 0 bridgehead atoms. The molecule has 0 amide bonds. The number of halogens is 6. The Morgan fingerprint density at radius 3 is 1.45 bits per heavy atom. The quantitative estimate of drug-likeness (QED) is 0.500. The van der Waals surface area contributed by atoms with Gasteiger partial charge in [-0.3, -0.25) is 0 Å². The van der Waals surface area contributed by atoms with E-state index >= 15 is 0 Å². The summed E-state index contributed by atoms with van der Waals surface area (Å²) in [6.07, 6.45) is -2.06. The average molecular weight is 500 g/mol. The Balaban J connectivity index is 2.86. The number of fused-ring (bicyclic) bond motifs is 1. The third kappa shape index (κ3) is 4.29. The highest BCUT2D eigenvalue weighted by Gasteiger charge is 2.70. The van der Waals surface area contributed by atoms with Gasteiger partial charge in [0.25, 0.3) is 0 Å². The lowest BCUT2D eigenvalue weighted by Crippen LogP contribution is -2.68. The van der Waals surface area contributed by atoms with E-state index in [0.717, 1.165) is 0 Å². The lowest BCUT2D eigenvalue weighted by molar-refractivity contribution is -0.314. The minimum absolute atomic E-state index is 0.0806. The van der Waals surface area contributed by atoms with Gasteiger partial charge in [0.2, 0.25) is 0 Å². The molecule has 2 rings (SSSR count). The minimum atomic E-state index is -7.08. The number of rotatable bonds is 8. The van der Waals surface area contributed by atoms with E-state index in [1.54, 1.807) is 0 Å². The molecule has 0 radical (unpaired) electrons. The number of hydrogen-bond acceptors (Lipinski definition) is 7. The first-order valence-corrected chi connectivity index (χ1v) is 11.6. The van der Waals surface area contributed by atoms with Crippen LogP contribution in [0.2, 0.25) is 0 Å². The highest BCUT2D eigenvalue weighted by atomic mass is 32.3. The third-order valence-corrected chi connectivity index (χ3v) is 8.11. The maximum Gasteiger partial charge on any atom is 0.512 e. The van der Waals surface area contributed by atoms with Crippen molar-refractivity contribution in [2.24, 2.45) is 0 Å². The Labute approximate surface area is 174 Å². The van der Waals surface area contributed by atoms with Crippen molar-refractivity contribution in [2.45, 2.75) is 56.2 Å². The Hall–Kier alpha value is -1.78. The van der Waals surface area contributed by atoms with Crippen molar-refractivity contribution >= 4 is 20.0 Å². The summed E-state index contributed by atoms with van der Waals surface area (Å²) in [4.78, 5) is 10.4. The van der Waals surface area contributed by atoms with Crippen molar-refractivity contribution in [1.82, 2.24) is 8.94 Å². The van der Waals surface area contributed by atoms with Gasteiger partial charge in [-0.15, -0.1) is 0 Å². The number of sulfonamides is 2. The molecule has 1 aliphatic rings. The fourth-order valence-corrected chi connectivity index (χ4v) is 6.40. The molecule has 0 saturated carbocycles. The topological polar surface area (TPSA) is 93.2 Å². The third-order valence-electron chi connectivity index (χ3n) is 4.21. The molecule has 1 aliphatic heterocycles. The smallest absolute Gasteiger partial charge is 0.365 e. The zero-order chi connectivity index (χ0) is 23.9. The van der Waals surface area contributed by atoms with Crippen LogP contribution in [0.5, 0.6) is 11.5 Å². The van der Waals surface area contributed by atoms with Crippen molar-refractivity contribution in [3.63, 3.8) is 0 Å². The van der Waals surface area contributed by atoms with E-state index in [9.17, 15) is 43.2 Å². The summed E-state index contributed by atoms with van der Waals surface area (Å²) < 4.78 is 128. The highest BCUT2D eigenvalue weighted by Crippen LogP contribution is 2.48. The van der Waals surface area contributed by atoms with Gasteiger partial charge in [0.1, 0.15) is 0 Å². The van der Waals surface area contributed by atoms with Crippen molar-refractivity contribution < 1.29 is 52.9 Å². The van der Waals surface area contributed by atoms with E-state index in [2.05, 4.69) is 0 Å². The van der Waals surface area contributed by atoms with Crippen LogP contribution in [0.1, 0.15) is 39.5 Å². The van der Waals surface area contributed by atoms with E-state index in [1.807, 2.05) is 0 Å². The van der Waals surface area contributed by atoms with Crippen molar-refractivity contribution in [2.75, 3.05) is 0 Å². The van der Waals surface area contributed by atoms with E-state index in [0.29, 0.717) is 0 Å². The van der Waals surface area contributed by atoms with Crippen molar-refractivity contribution in [1.29, 1.82) is 0 Å². The van der Waals surface area contributed by atoms with Crippen LogP contribution in [0, 0.1) is 0 Å². The van der Waals surface area contributed by atoms with Crippen LogP contribution in [0.15, 0.2) is 24.3 Å². The Kier molecular flexibility index (Phi) is 6.81. The second kappa shape index (κ2) is 8.29. The van der Waals surface area contributed by atoms with Gasteiger partial charge in [-0.2, -0.15) is 26.3 Å². The molecule has 31 heavy (non-hydrogen) atoms. The zero-order valence-electron chi connectivity index (χ0n) is 16.1. The molecule has 0 aliphatic carbocycles. The summed E-state index contributed by atoms with van der Waals surface area (Å²) in [6, 6.07) is 5.31. The lowest BCUT2D eigenvalue weighted by Gasteiger charge is -2.43. The summed E-state index contributed by atoms with van der Waals surface area (Å²) in [5, 5.41) is 0.0806. The molecule has 16 heteroatoms. The minimum Gasteiger partial charge on any atom is -0.365 e. The zero-order valence-corrected chi connectivity index (χ0v) is 17.7. The summed E-state index contributed by atoms with van der Waals surface area (Å²) >= 11 is 0.